The smallest absolute Gasteiger partial charge is 0.416 e. The maximum atomic E-state index is 13.0. The molecule has 0 amide bonds. The molecule has 0 aliphatic heterocycles. The molecule has 3 N–H and O–H groups in total. The zero-order valence-corrected chi connectivity index (χ0v) is 16.9. The van der Waals surface area contributed by atoms with E-state index < -0.39 is 17.2 Å². The van der Waals surface area contributed by atoms with Crippen LogP contribution in [0.1, 0.15) is 30.5 Å². The highest BCUT2D eigenvalue weighted by molar-refractivity contribution is 5.78. The van der Waals surface area contributed by atoms with Crippen molar-refractivity contribution < 1.29 is 22.6 Å². The molecule has 8 heteroatoms. The van der Waals surface area contributed by atoms with Gasteiger partial charge in [0.2, 0.25) is 0 Å². The van der Waals surface area contributed by atoms with Crippen LogP contribution in [-0.2, 0) is 18.1 Å². The van der Waals surface area contributed by atoms with Gasteiger partial charge in [-0.15, -0.1) is 0 Å². The summed E-state index contributed by atoms with van der Waals surface area (Å²) in [6.07, 6.45) is -4.38. The third-order valence-corrected chi connectivity index (χ3v) is 4.56. The summed E-state index contributed by atoms with van der Waals surface area (Å²) in [5.41, 5.74) is 6.13. The lowest BCUT2D eigenvalue weighted by Gasteiger charge is -2.26. The Balaban J connectivity index is 2.03. The molecule has 0 saturated carbocycles. The SMILES string of the molecule is COc1ccc(CN=C(N)NCC(C)(C)c2cccc(C(F)(F)F)c2)cc1OC. The van der Waals surface area contributed by atoms with Crippen molar-refractivity contribution in [1.82, 2.24) is 5.32 Å². The van der Waals surface area contributed by atoms with Crippen LogP contribution in [-0.4, -0.2) is 26.7 Å². The highest BCUT2D eigenvalue weighted by Gasteiger charge is 2.32. The van der Waals surface area contributed by atoms with E-state index in [1.807, 2.05) is 26.0 Å². The highest BCUT2D eigenvalue weighted by atomic mass is 19.4. The second kappa shape index (κ2) is 9.07. The first-order chi connectivity index (χ1) is 13.6. The number of methoxy groups -OCH3 is 2. The van der Waals surface area contributed by atoms with Gasteiger partial charge in [0.1, 0.15) is 0 Å². The maximum Gasteiger partial charge on any atom is 0.416 e. The van der Waals surface area contributed by atoms with E-state index >= 15 is 0 Å². The van der Waals surface area contributed by atoms with Gasteiger partial charge in [-0.2, -0.15) is 13.2 Å². The zero-order chi connectivity index (χ0) is 21.7. The lowest BCUT2D eigenvalue weighted by molar-refractivity contribution is -0.137. The van der Waals surface area contributed by atoms with Crippen LogP contribution in [0.25, 0.3) is 0 Å². The Morgan fingerprint density at radius 1 is 1.00 bits per heavy atom. The number of nitrogens with zero attached hydrogens (tertiary/aromatic N) is 1. The number of hydrogen-bond acceptors (Lipinski definition) is 3. The summed E-state index contributed by atoms with van der Waals surface area (Å²) in [6, 6.07) is 10.8. The molecule has 0 aromatic heterocycles. The predicted octanol–water partition coefficient (Wildman–Crippen LogP) is 4.10. The highest BCUT2D eigenvalue weighted by Crippen LogP contribution is 2.32. The molecular weight excluding hydrogens is 383 g/mol. The Hall–Kier alpha value is -2.90. The van der Waals surface area contributed by atoms with Gasteiger partial charge in [0, 0.05) is 12.0 Å². The monoisotopic (exact) mass is 409 g/mol. The molecule has 0 heterocycles. The number of aliphatic imine (C=N–C) groups is 1. The van der Waals surface area contributed by atoms with E-state index in [0.29, 0.717) is 30.2 Å². The van der Waals surface area contributed by atoms with Gasteiger partial charge in [-0.05, 0) is 29.3 Å². The summed E-state index contributed by atoms with van der Waals surface area (Å²) in [5.74, 6) is 1.42. The van der Waals surface area contributed by atoms with E-state index in [2.05, 4.69) is 10.3 Å². The minimum absolute atomic E-state index is 0.208. The van der Waals surface area contributed by atoms with E-state index in [9.17, 15) is 13.2 Å². The fourth-order valence-electron chi connectivity index (χ4n) is 2.74. The summed E-state index contributed by atoms with van der Waals surface area (Å²) in [4.78, 5) is 4.29. The summed E-state index contributed by atoms with van der Waals surface area (Å²) in [6.45, 7) is 4.34. The van der Waals surface area contributed by atoms with E-state index in [1.54, 1.807) is 26.4 Å². The Morgan fingerprint density at radius 3 is 2.28 bits per heavy atom. The van der Waals surface area contributed by atoms with Crippen LogP contribution < -0.4 is 20.5 Å². The topological polar surface area (TPSA) is 68.9 Å². The molecular formula is C21H26F3N3O2. The van der Waals surface area contributed by atoms with Crippen molar-refractivity contribution in [2.75, 3.05) is 20.8 Å². The fraction of sp³-hybridized carbons (Fsp3) is 0.381. The third kappa shape index (κ3) is 6.04. The Kier molecular flexibility index (Phi) is 7.00. The lowest BCUT2D eigenvalue weighted by atomic mass is 9.84. The average molecular weight is 409 g/mol. The number of guanidine groups is 1. The first-order valence-corrected chi connectivity index (χ1v) is 8.99. The van der Waals surface area contributed by atoms with E-state index in [4.69, 9.17) is 15.2 Å². The normalized spacial score (nSPS) is 12.6. The van der Waals surface area contributed by atoms with Crippen molar-refractivity contribution in [2.45, 2.75) is 32.0 Å². The van der Waals surface area contributed by atoms with Crippen molar-refractivity contribution in [3.8, 4) is 11.5 Å². The standard InChI is InChI=1S/C21H26F3N3O2/c1-20(2,15-6-5-7-16(11-15)21(22,23)24)13-27-19(25)26-12-14-8-9-17(28-3)18(10-14)29-4/h5-11H,12-13H2,1-4H3,(H3,25,26,27). The largest absolute Gasteiger partial charge is 0.493 e. The van der Waals surface area contributed by atoms with Gasteiger partial charge in [-0.25, -0.2) is 4.99 Å². The van der Waals surface area contributed by atoms with Gasteiger partial charge in [0.05, 0.1) is 26.3 Å². The van der Waals surface area contributed by atoms with E-state index in [0.717, 1.165) is 11.6 Å². The summed E-state index contributed by atoms with van der Waals surface area (Å²) < 4.78 is 49.3. The fourth-order valence-corrected chi connectivity index (χ4v) is 2.74. The van der Waals surface area contributed by atoms with Gasteiger partial charge >= 0.3 is 6.18 Å². The first kappa shape index (κ1) is 22.4. The Bertz CT molecular complexity index is 864. The van der Waals surface area contributed by atoms with Gasteiger partial charge < -0.3 is 20.5 Å². The van der Waals surface area contributed by atoms with Crippen molar-refractivity contribution >= 4 is 5.96 Å². The predicted molar refractivity (Wildman–Crippen MR) is 107 cm³/mol. The van der Waals surface area contributed by atoms with Gasteiger partial charge in [0.25, 0.3) is 0 Å². The van der Waals surface area contributed by atoms with Crippen molar-refractivity contribution in [3.05, 3.63) is 59.2 Å². The quantitative estimate of drug-likeness (QED) is 0.534. The number of benzene rings is 2. The molecule has 0 bridgehead atoms. The lowest BCUT2D eigenvalue weighted by Crippen LogP contribution is -2.40. The molecule has 0 saturated heterocycles. The maximum absolute atomic E-state index is 13.0. The summed E-state index contributed by atoms with van der Waals surface area (Å²) in [5, 5.41) is 2.99. The van der Waals surface area contributed by atoms with E-state index in [-0.39, 0.29) is 5.96 Å². The number of nitrogens with one attached hydrogen (secondary N) is 1. The number of alkyl halides is 3. The number of ether oxygens (including phenoxy) is 2. The number of rotatable bonds is 7. The Labute approximate surface area is 168 Å². The van der Waals surface area contributed by atoms with Crippen LogP contribution in [0.15, 0.2) is 47.5 Å². The number of halogens is 3. The molecule has 0 unspecified atom stereocenters. The first-order valence-electron chi connectivity index (χ1n) is 8.99. The van der Waals surface area contributed by atoms with Crippen LogP contribution in [0.3, 0.4) is 0 Å². The van der Waals surface area contributed by atoms with Crippen molar-refractivity contribution in [3.63, 3.8) is 0 Å². The summed E-state index contributed by atoms with van der Waals surface area (Å²) in [7, 11) is 3.11. The molecule has 5 nitrogen and oxygen atoms in total. The van der Waals surface area contributed by atoms with Gasteiger partial charge in [-0.3, -0.25) is 0 Å². The molecule has 0 aliphatic rings. The van der Waals surface area contributed by atoms with Gasteiger partial charge in [-0.1, -0.05) is 38.1 Å². The Morgan fingerprint density at radius 2 is 1.66 bits per heavy atom. The number of nitrogens with two attached hydrogens (primary N) is 1. The van der Waals surface area contributed by atoms with Gasteiger partial charge in [0.15, 0.2) is 17.5 Å². The molecule has 29 heavy (non-hydrogen) atoms. The second-order valence-electron chi connectivity index (χ2n) is 7.21. The van der Waals surface area contributed by atoms with Crippen molar-refractivity contribution in [1.29, 1.82) is 0 Å². The van der Waals surface area contributed by atoms with Crippen molar-refractivity contribution in [2.24, 2.45) is 10.7 Å². The van der Waals surface area contributed by atoms with Crippen LogP contribution in [0.5, 0.6) is 11.5 Å². The molecule has 0 atom stereocenters. The summed E-state index contributed by atoms with van der Waals surface area (Å²) >= 11 is 0. The average Bonchev–Trinajstić information content (AvgIpc) is 2.70. The van der Waals surface area contributed by atoms with Crippen LogP contribution in [0.4, 0.5) is 13.2 Å². The third-order valence-electron chi connectivity index (χ3n) is 4.56. The molecule has 2 aromatic carbocycles. The minimum atomic E-state index is -4.38. The number of hydrogen-bond donors (Lipinski definition) is 2. The minimum Gasteiger partial charge on any atom is -0.493 e. The molecule has 0 fully saturated rings. The second-order valence-corrected chi connectivity index (χ2v) is 7.21. The van der Waals surface area contributed by atoms with Crippen LogP contribution in [0, 0.1) is 0 Å². The zero-order valence-electron chi connectivity index (χ0n) is 16.9. The molecule has 0 radical (unpaired) electrons. The molecule has 158 valence electrons. The molecule has 2 aromatic rings. The molecule has 0 spiro atoms. The molecule has 0 aliphatic carbocycles. The van der Waals surface area contributed by atoms with Crippen LogP contribution in [0.2, 0.25) is 0 Å². The van der Waals surface area contributed by atoms with E-state index in [1.165, 1.54) is 12.1 Å². The molecule has 2 rings (SSSR count). The van der Waals surface area contributed by atoms with Crippen LogP contribution >= 0.6 is 0 Å².